The molecule has 1 amide bonds. The lowest BCUT2D eigenvalue weighted by molar-refractivity contribution is -0.137. The number of nitrogens with zero attached hydrogens (tertiary/aromatic N) is 2. The Bertz CT molecular complexity index is 1400. The fraction of sp³-hybridized carbons (Fsp3) is 0.414. The van der Waals surface area contributed by atoms with Gasteiger partial charge in [-0.15, -0.1) is 0 Å². The minimum Gasteiger partial charge on any atom is -0.481 e. The zero-order valence-corrected chi connectivity index (χ0v) is 25.7. The molecule has 2 heterocycles. The SMILES string of the molecule is CCC1CCCN(c2nc3ccc(Br)cc3c(C(=O)NCC(CCC(=O)O)c3c(Cl)ccc(Cl)c3Cl)c2C)C1. The summed E-state index contributed by atoms with van der Waals surface area (Å²) in [6, 6.07) is 8.98. The number of pyridine rings is 1. The smallest absolute Gasteiger partial charge is 0.303 e. The molecule has 1 aliphatic rings. The number of piperidine rings is 1. The molecule has 1 saturated heterocycles. The number of benzene rings is 2. The summed E-state index contributed by atoms with van der Waals surface area (Å²) in [6.45, 7) is 6.11. The molecule has 3 aromatic rings. The number of amides is 1. The third-order valence-electron chi connectivity index (χ3n) is 7.49. The van der Waals surface area contributed by atoms with Crippen molar-refractivity contribution >= 4 is 79.3 Å². The van der Waals surface area contributed by atoms with E-state index in [4.69, 9.17) is 39.8 Å². The van der Waals surface area contributed by atoms with Gasteiger partial charge in [-0.2, -0.15) is 0 Å². The first-order chi connectivity index (χ1) is 18.6. The summed E-state index contributed by atoms with van der Waals surface area (Å²) >= 11 is 22.8. The molecule has 2 unspecified atom stereocenters. The number of hydrogen-bond acceptors (Lipinski definition) is 4. The third-order valence-corrected chi connectivity index (χ3v) is 9.13. The van der Waals surface area contributed by atoms with E-state index in [9.17, 15) is 14.7 Å². The molecule has 2 aromatic carbocycles. The van der Waals surface area contributed by atoms with Crippen molar-refractivity contribution in [3.8, 4) is 0 Å². The molecule has 10 heteroatoms. The Hall–Kier alpha value is -2.06. The van der Waals surface area contributed by atoms with Crippen LogP contribution in [0.1, 0.15) is 66.4 Å². The molecule has 39 heavy (non-hydrogen) atoms. The molecule has 0 spiro atoms. The number of hydrogen-bond donors (Lipinski definition) is 2. The van der Waals surface area contributed by atoms with E-state index in [1.54, 1.807) is 12.1 Å². The molecular weight excluding hydrogens is 625 g/mol. The van der Waals surface area contributed by atoms with Crippen LogP contribution in [0.15, 0.2) is 34.8 Å². The molecule has 0 radical (unpaired) electrons. The Labute approximate surface area is 252 Å². The highest BCUT2D eigenvalue weighted by Crippen LogP contribution is 2.39. The zero-order valence-electron chi connectivity index (χ0n) is 21.9. The fourth-order valence-corrected chi connectivity index (χ4v) is 6.58. The fourth-order valence-electron chi connectivity index (χ4n) is 5.38. The first-order valence-corrected chi connectivity index (χ1v) is 15.0. The quantitative estimate of drug-likeness (QED) is 0.227. The van der Waals surface area contributed by atoms with Crippen molar-refractivity contribution in [3.05, 3.63) is 66.6 Å². The van der Waals surface area contributed by atoms with Crippen LogP contribution in [0.4, 0.5) is 5.82 Å². The van der Waals surface area contributed by atoms with Crippen molar-refractivity contribution in [2.45, 2.75) is 51.9 Å². The number of halogens is 4. The normalized spacial score (nSPS) is 16.4. The molecule has 0 saturated carbocycles. The predicted octanol–water partition coefficient (Wildman–Crippen LogP) is 8.27. The second kappa shape index (κ2) is 13.1. The lowest BCUT2D eigenvalue weighted by atomic mass is 9.93. The van der Waals surface area contributed by atoms with Gasteiger partial charge in [0.25, 0.3) is 5.91 Å². The molecule has 6 nitrogen and oxygen atoms in total. The number of carbonyl (C=O) groups is 2. The summed E-state index contributed by atoms with van der Waals surface area (Å²) in [4.78, 5) is 32.6. The van der Waals surface area contributed by atoms with Gasteiger partial charge in [-0.25, -0.2) is 4.98 Å². The van der Waals surface area contributed by atoms with E-state index in [2.05, 4.69) is 33.1 Å². The van der Waals surface area contributed by atoms with Gasteiger partial charge in [0.05, 0.1) is 21.1 Å². The van der Waals surface area contributed by atoms with Crippen molar-refractivity contribution in [1.82, 2.24) is 10.3 Å². The van der Waals surface area contributed by atoms with Gasteiger partial charge in [-0.05, 0) is 68.0 Å². The molecule has 2 N–H and O–H groups in total. The van der Waals surface area contributed by atoms with Crippen LogP contribution in [-0.4, -0.2) is 41.6 Å². The van der Waals surface area contributed by atoms with Gasteiger partial charge in [0.15, 0.2) is 0 Å². The Kier molecular flexibility index (Phi) is 10.0. The van der Waals surface area contributed by atoms with Gasteiger partial charge in [0, 0.05) is 52.4 Å². The van der Waals surface area contributed by atoms with Crippen LogP contribution in [0.5, 0.6) is 0 Å². The summed E-state index contributed by atoms with van der Waals surface area (Å²) in [5.74, 6) is -0.233. The van der Waals surface area contributed by atoms with Crippen molar-refractivity contribution in [2.24, 2.45) is 5.92 Å². The maximum Gasteiger partial charge on any atom is 0.303 e. The number of carboxylic acid groups (broad SMARTS) is 1. The lowest BCUT2D eigenvalue weighted by Gasteiger charge is -2.34. The van der Waals surface area contributed by atoms with Crippen molar-refractivity contribution in [1.29, 1.82) is 0 Å². The standard InChI is InChI=1S/C29H31BrCl3N3O3/c1-3-17-5-4-12-36(15-17)28-16(2)25(20-13-19(30)7-10-23(20)35-28)29(39)34-14-18(6-11-24(37)38)26-21(31)8-9-22(32)27(26)33/h7-10,13,17-18H,3-6,11-12,14-15H2,1-2H3,(H,34,39)(H,37,38). The number of anilines is 1. The maximum atomic E-state index is 13.9. The third kappa shape index (κ3) is 6.82. The number of aliphatic carboxylic acids is 1. The number of aromatic nitrogens is 1. The van der Waals surface area contributed by atoms with E-state index in [-0.39, 0.29) is 30.3 Å². The van der Waals surface area contributed by atoms with Crippen LogP contribution in [0.25, 0.3) is 10.9 Å². The molecular formula is C29H31BrCl3N3O3. The Morgan fingerprint density at radius 3 is 2.67 bits per heavy atom. The van der Waals surface area contributed by atoms with Crippen molar-refractivity contribution in [2.75, 3.05) is 24.5 Å². The molecule has 2 atom stereocenters. The topological polar surface area (TPSA) is 82.5 Å². The van der Waals surface area contributed by atoms with Crippen LogP contribution < -0.4 is 10.2 Å². The second-order valence-electron chi connectivity index (χ2n) is 10.1. The largest absolute Gasteiger partial charge is 0.481 e. The molecule has 4 rings (SSSR count). The summed E-state index contributed by atoms with van der Waals surface area (Å²) < 4.78 is 0.846. The summed E-state index contributed by atoms with van der Waals surface area (Å²) in [6.07, 6.45) is 3.52. The van der Waals surface area contributed by atoms with Gasteiger partial charge in [0.1, 0.15) is 5.82 Å². The molecule has 1 aromatic heterocycles. The molecule has 0 bridgehead atoms. The Morgan fingerprint density at radius 2 is 1.95 bits per heavy atom. The van der Waals surface area contributed by atoms with Crippen LogP contribution in [0, 0.1) is 12.8 Å². The molecule has 0 aliphatic carbocycles. The van der Waals surface area contributed by atoms with Gasteiger partial charge in [-0.1, -0.05) is 64.1 Å². The maximum absolute atomic E-state index is 13.9. The number of rotatable bonds is 9. The highest BCUT2D eigenvalue weighted by atomic mass is 79.9. The van der Waals surface area contributed by atoms with E-state index in [0.29, 0.717) is 27.1 Å². The highest BCUT2D eigenvalue weighted by Gasteiger charge is 2.27. The average molecular weight is 656 g/mol. The van der Waals surface area contributed by atoms with E-state index < -0.39 is 11.9 Å². The van der Waals surface area contributed by atoms with Crippen LogP contribution >= 0.6 is 50.7 Å². The van der Waals surface area contributed by atoms with Crippen molar-refractivity contribution in [3.63, 3.8) is 0 Å². The van der Waals surface area contributed by atoms with Crippen LogP contribution in [0.3, 0.4) is 0 Å². The van der Waals surface area contributed by atoms with Crippen LogP contribution in [0.2, 0.25) is 15.1 Å². The van der Waals surface area contributed by atoms with E-state index in [0.717, 1.165) is 52.7 Å². The van der Waals surface area contributed by atoms with Gasteiger partial charge in [0.2, 0.25) is 0 Å². The highest BCUT2D eigenvalue weighted by molar-refractivity contribution is 9.10. The summed E-state index contributed by atoms with van der Waals surface area (Å²) in [5.41, 5.74) is 2.64. The number of carbonyl (C=O) groups excluding carboxylic acids is 1. The van der Waals surface area contributed by atoms with E-state index in [1.165, 1.54) is 6.42 Å². The number of nitrogens with one attached hydrogen (secondary N) is 1. The van der Waals surface area contributed by atoms with Gasteiger partial charge in [-0.3, -0.25) is 9.59 Å². The number of fused-ring (bicyclic) bond motifs is 1. The number of carboxylic acids is 1. The van der Waals surface area contributed by atoms with Gasteiger partial charge < -0.3 is 15.3 Å². The zero-order chi connectivity index (χ0) is 28.3. The van der Waals surface area contributed by atoms with Crippen LogP contribution in [-0.2, 0) is 4.79 Å². The van der Waals surface area contributed by atoms with Gasteiger partial charge >= 0.3 is 5.97 Å². The molecule has 208 valence electrons. The second-order valence-corrected chi connectivity index (χ2v) is 12.2. The lowest BCUT2D eigenvalue weighted by Crippen LogP contribution is -2.37. The predicted molar refractivity (Wildman–Crippen MR) is 163 cm³/mol. The minimum atomic E-state index is -0.946. The molecule has 1 fully saturated rings. The average Bonchev–Trinajstić information content (AvgIpc) is 2.91. The molecule has 1 aliphatic heterocycles. The minimum absolute atomic E-state index is 0.110. The Balaban J connectivity index is 1.71. The monoisotopic (exact) mass is 653 g/mol. The van der Waals surface area contributed by atoms with E-state index >= 15 is 0 Å². The summed E-state index contributed by atoms with van der Waals surface area (Å²) in [5, 5.41) is 14.1. The summed E-state index contributed by atoms with van der Waals surface area (Å²) in [7, 11) is 0. The first kappa shape index (κ1) is 29.9. The Morgan fingerprint density at radius 1 is 1.21 bits per heavy atom. The van der Waals surface area contributed by atoms with E-state index in [1.807, 2.05) is 25.1 Å². The van der Waals surface area contributed by atoms with Crippen molar-refractivity contribution < 1.29 is 14.7 Å². The first-order valence-electron chi connectivity index (χ1n) is 13.1.